The van der Waals surface area contributed by atoms with Gasteiger partial charge in [-0.25, -0.2) is 8.78 Å². The fourth-order valence-electron chi connectivity index (χ4n) is 4.75. The lowest BCUT2D eigenvalue weighted by Crippen LogP contribution is -2.64. The molecule has 0 bridgehead atoms. The molecule has 0 saturated carbocycles. The number of hydrogen-bond acceptors (Lipinski definition) is 6. The number of carbonyl (C=O) groups excluding carboxylic acids is 4. The minimum Gasteiger partial charge on any atom is -0.302 e. The van der Waals surface area contributed by atoms with E-state index in [1.54, 1.807) is 24.3 Å². The molecule has 40 heavy (non-hydrogen) atoms. The fourth-order valence-corrected chi connectivity index (χ4v) is 5.60. The van der Waals surface area contributed by atoms with E-state index < -0.39 is 53.0 Å². The van der Waals surface area contributed by atoms with Crippen molar-refractivity contribution in [2.24, 2.45) is 11.8 Å². The molecule has 2 atom stereocenters. The van der Waals surface area contributed by atoms with Gasteiger partial charge in [0.2, 0.25) is 23.6 Å². The summed E-state index contributed by atoms with van der Waals surface area (Å²) in [6.07, 6.45) is 0. The van der Waals surface area contributed by atoms with Crippen molar-refractivity contribution in [2.45, 2.75) is 5.92 Å². The van der Waals surface area contributed by atoms with Crippen LogP contribution in [-0.4, -0.2) is 33.9 Å². The Bertz CT molecular complexity index is 1470. The van der Waals surface area contributed by atoms with Crippen LogP contribution in [0, 0.1) is 23.5 Å². The Morgan fingerprint density at radius 3 is 1.40 bits per heavy atom. The molecular formula is C27H17BrF2N4O4S2. The molecule has 0 aromatic heterocycles. The highest BCUT2D eigenvalue weighted by atomic mass is 79.9. The smallest absolute Gasteiger partial charge is 0.246 e. The van der Waals surface area contributed by atoms with Crippen LogP contribution in [0.5, 0.6) is 0 Å². The van der Waals surface area contributed by atoms with E-state index >= 15 is 0 Å². The van der Waals surface area contributed by atoms with Crippen LogP contribution in [0.4, 0.5) is 20.2 Å². The minimum atomic E-state index is -1.60. The van der Waals surface area contributed by atoms with Crippen LogP contribution in [0.15, 0.2) is 77.3 Å². The molecule has 3 aromatic carbocycles. The van der Waals surface area contributed by atoms with Gasteiger partial charge in [0, 0.05) is 10.4 Å². The van der Waals surface area contributed by atoms with Crippen molar-refractivity contribution >= 4 is 85.6 Å². The molecule has 2 heterocycles. The number of amides is 4. The first-order valence-electron chi connectivity index (χ1n) is 11.7. The maximum atomic E-state index is 14.0. The summed E-state index contributed by atoms with van der Waals surface area (Å²) >= 11 is 13.8. The third kappa shape index (κ3) is 5.03. The molecule has 202 valence electrons. The Kier molecular flexibility index (Phi) is 7.53. The van der Waals surface area contributed by atoms with Gasteiger partial charge in [0.15, 0.2) is 10.2 Å². The normalized spacial score (nSPS) is 20.4. The van der Waals surface area contributed by atoms with E-state index in [1.807, 2.05) is 0 Å². The number of thiocarbonyl (C=S) groups is 2. The zero-order valence-corrected chi connectivity index (χ0v) is 23.4. The number of nitrogens with one attached hydrogen (secondary N) is 2. The fraction of sp³-hybridized carbons (Fsp3) is 0.111. The first-order chi connectivity index (χ1) is 19.1. The van der Waals surface area contributed by atoms with Crippen molar-refractivity contribution in [3.05, 3.63) is 94.5 Å². The summed E-state index contributed by atoms with van der Waals surface area (Å²) in [6.45, 7) is 0. The van der Waals surface area contributed by atoms with Gasteiger partial charge in [0.25, 0.3) is 0 Å². The Morgan fingerprint density at radius 2 is 1.02 bits per heavy atom. The van der Waals surface area contributed by atoms with Gasteiger partial charge < -0.3 is 10.6 Å². The molecule has 2 unspecified atom stereocenters. The van der Waals surface area contributed by atoms with E-state index in [-0.39, 0.29) is 21.6 Å². The van der Waals surface area contributed by atoms with Crippen LogP contribution < -0.4 is 20.4 Å². The summed E-state index contributed by atoms with van der Waals surface area (Å²) in [5.74, 6) is -8.86. The largest absolute Gasteiger partial charge is 0.302 e. The van der Waals surface area contributed by atoms with Gasteiger partial charge in [-0.1, -0.05) is 28.1 Å². The lowest BCUT2D eigenvalue weighted by Gasteiger charge is -2.41. The zero-order chi connectivity index (χ0) is 28.7. The Balaban J connectivity index is 1.63. The van der Waals surface area contributed by atoms with Gasteiger partial charge in [-0.15, -0.1) is 0 Å². The average molecular weight is 643 g/mol. The van der Waals surface area contributed by atoms with E-state index in [2.05, 4.69) is 26.6 Å². The topological polar surface area (TPSA) is 98.8 Å². The molecule has 2 N–H and O–H groups in total. The van der Waals surface area contributed by atoms with E-state index in [0.717, 1.165) is 34.1 Å². The monoisotopic (exact) mass is 642 g/mol. The van der Waals surface area contributed by atoms with Crippen molar-refractivity contribution in [2.75, 3.05) is 9.80 Å². The number of nitrogens with zero attached hydrogens (tertiary/aromatic N) is 2. The van der Waals surface area contributed by atoms with E-state index in [1.165, 1.54) is 24.3 Å². The summed E-state index contributed by atoms with van der Waals surface area (Å²) in [5.41, 5.74) is 0.706. The van der Waals surface area contributed by atoms with Gasteiger partial charge in [-0.3, -0.25) is 29.0 Å². The van der Waals surface area contributed by atoms with E-state index in [9.17, 15) is 28.0 Å². The van der Waals surface area contributed by atoms with Crippen LogP contribution in [0.3, 0.4) is 0 Å². The summed E-state index contributed by atoms with van der Waals surface area (Å²) in [7, 11) is 0. The summed E-state index contributed by atoms with van der Waals surface area (Å²) in [4.78, 5) is 56.8. The molecular weight excluding hydrogens is 626 g/mol. The van der Waals surface area contributed by atoms with Gasteiger partial charge in [0.1, 0.15) is 23.5 Å². The predicted octanol–water partition coefficient (Wildman–Crippen LogP) is 3.94. The maximum Gasteiger partial charge on any atom is 0.246 e. The highest BCUT2D eigenvalue weighted by Crippen LogP contribution is 2.40. The van der Waals surface area contributed by atoms with Crippen molar-refractivity contribution in [1.29, 1.82) is 0 Å². The van der Waals surface area contributed by atoms with E-state index in [4.69, 9.17) is 24.4 Å². The first kappa shape index (κ1) is 27.6. The van der Waals surface area contributed by atoms with Crippen molar-refractivity contribution in [1.82, 2.24) is 10.6 Å². The molecule has 8 nitrogen and oxygen atoms in total. The van der Waals surface area contributed by atoms with Gasteiger partial charge in [0.05, 0.1) is 11.4 Å². The molecule has 4 amide bonds. The second-order valence-corrected chi connectivity index (χ2v) is 10.6. The van der Waals surface area contributed by atoms with Crippen LogP contribution in [0.1, 0.15) is 11.5 Å². The molecule has 2 aliphatic rings. The lowest BCUT2D eigenvalue weighted by molar-refractivity contribution is -0.139. The average Bonchev–Trinajstić information content (AvgIpc) is 2.90. The molecule has 0 radical (unpaired) electrons. The van der Waals surface area contributed by atoms with Crippen LogP contribution in [0.25, 0.3) is 0 Å². The first-order valence-corrected chi connectivity index (χ1v) is 13.3. The third-order valence-corrected chi connectivity index (χ3v) is 7.64. The van der Waals surface area contributed by atoms with Crippen molar-refractivity contribution in [3.63, 3.8) is 0 Å². The number of benzene rings is 3. The lowest BCUT2D eigenvalue weighted by atomic mass is 9.73. The van der Waals surface area contributed by atoms with Crippen molar-refractivity contribution < 1.29 is 28.0 Å². The molecule has 2 fully saturated rings. The second kappa shape index (κ2) is 10.9. The molecule has 13 heteroatoms. The maximum absolute atomic E-state index is 14.0. The molecule has 2 aliphatic heterocycles. The minimum absolute atomic E-state index is 0.185. The number of anilines is 2. The summed E-state index contributed by atoms with van der Waals surface area (Å²) in [6, 6.07) is 16.2. The SMILES string of the molecule is O=C1NC(=S)N(c2ccc(F)cc2)C(=O)C1C(c1ccc(Br)cc1)C1C(=O)NC(=S)N(c2ccc(F)cc2)C1=O. The Hall–Kier alpha value is -3.94. The highest BCUT2D eigenvalue weighted by molar-refractivity contribution is 9.10. The molecule has 3 aromatic rings. The number of carbonyl (C=O) groups is 4. The quantitative estimate of drug-likeness (QED) is 0.323. The number of halogens is 3. The zero-order valence-electron chi connectivity index (χ0n) is 20.1. The van der Waals surface area contributed by atoms with E-state index in [0.29, 0.717) is 10.0 Å². The van der Waals surface area contributed by atoms with Gasteiger partial charge in [-0.2, -0.15) is 0 Å². The van der Waals surface area contributed by atoms with Gasteiger partial charge >= 0.3 is 0 Å². The molecule has 5 rings (SSSR count). The Labute approximate surface area is 245 Å². The van der Waals surface area contributed by atoms with Crippen molar-refractivity contribution in [3.8, 4) is 0 Å². The molecule has 0 aliphatic carbocycles. The van der Waals surface area contributed by atoms with Crippen LogP contribution in [0.2, 0.25) is 0 Å². The summed E-state index contributed by atoms with van der Waals surface area (Å²) < 4.78 is 27.9. The highest BCUT2D eigenvalue weighted by Gasteiger charge is 2.53. The predicted molar refractivity (Wildman–Crippen MR) is 153 cm³/mol. The molecule has 2 saturated heterocycles. The van der Waals surface area contributed by atoms with Crippen LogP contribution >= 0.6 is 40.4 Å². The van der Waals surface area contributed by atoms with Crippen LogP contribution in [-0.2, 0) is 19.2 Å². The third-order valence-electron chi connectivity index (χ3n) is 6.55. The Morgan fingerprint density at radius 1 is 0.650 bits per heavy atom. The van der Waals surface area contributed by atoms with Gasteiger partial charge in [-0.05, 0) is 90.7 Å². The summed E-state index contributed by atoms with van der Waals surface area (Å²) in [5, 5.41) is 4.49. The second-order valence-electron chi connectivity index (χ2n) is 8.92. The molecule has 0 spiro atoms. The number of rotatable bonds is 5. The standard InChI is InChI=1S/C27H17BrF2N4O4S2/c28-14-3-1-13(2-4-14)19(20-22(35)31-26(39)33(24(20)37)17-9-5-15(29)6-10-17)21-23(36)32-27(40)34(25(21)38)18-11-7-16(30)8-12-18/h1-12,19-21H,(H,31,35,39)(H,32,36,40). The number of hydrogen-bond donors (Lipinski definition) is 2.